The molecule has 3 N–H and O–H groups in total. The fourth-order valence-electron chi connectivity index (χ4n) is 2.96. The summed E-state index contributed by atoms with van der Waals surface area (Å²) >= 11 is 0. The number of nitrogens with zero attached hydrogens (tertiary/aromatic N) is 2. The first-order valence-electron chi connectivity index (χ1n) is 7.93. The Labute approximate surface area is 229 Å². The van der Waals surface area contributed by atoms with Gasteiger partial charge in [-0.3, -0.25) is 24.0 Å². The van der Waals surface area contributed by atoms with Gasteiger partial charge in [0.2, 0.25) is 0 Å². The molecule has 0 radical (unpaired) electrons. The minimum Gasteiger partial charge on any atom is -1.00 e. The Hall–Kier alpha value is -1.33. The largest absolute Gasteiger partial charge is 1.00 e. The second kappa shape index (κ2) is 10.3. The molecule has 0 atom stereocenters. The number of rotatable bonds is 5. The third kappa shape index (κ3) is 5.77. The number of carbonyl (C=O) groups is 1. The van der Waals surface area contributed by atoms with E-state index in [1.807, 2.05) is 0 Å². The van der Waals surface area contributed by atoms with Gasteiger partial charge in [0.05, 0.1) is 16.8 Å². The van der Waals surface area contributed by atoms with Gasteiger partial charge < -0.3 is 12.7 Å². The molecule has 12 nitrogen and oxygen atoms in total. The molecule has 162 valence electrons. The molecule has 2 aromatic carbocycles. The Balaban J connectivity index is 0. The molecular formula is C16H15N3Na2O9S2. The van der Waals surface area contributed by atoms with Crippen LogP contribution in [0.2, 0.25) is 0 Å². The van der Waals surface area contributed by atoms with E-state index in [0.29, 0.717) is 0 Å². The van der Waals surface area contributed by atoms with Crippen molar-refractivity contribution in [2.45, 2.75) is 9.79 Å². The number of amides is 1. The van der Waals surface area contributed by atoms with Crippen LogP contribution in [0.3, 0.4) is 0 Å². The molecule has 0 bridgehead atoms. The number of fused-ring (bicyclic) bond motifs is 1. The van der Waals surface area contributed by atoms with E-state index in [1.54, 1.807) is 0 Å². The van der Waals surface area contributed by atoms with Crippen molar-refractivity contribution in [3.63, 3.8) is 0 Å². The first-order chi connectivity index (χ1) is 13.8. The van der Waals surface area contributed by atoms with E-state index in [0.717, 1.165) is 41.1 Å². The van der Waals surface area contributed by atoms with Crippen LogP contribution in [0.4, 0.5) is 11.4 Å². The van der Waals surface area contributed by atoms with Gasteiger partial charge in [-0.1, -0.05) is 18.2 Å². The number of hydrogen-bond donors (Lipinski definition) is 3. The second-order valence-electron chi connectivity index (χ2n) is 6.15. The van der Waals surface area contributed by atoms with Gasteiger partial charge in [-0.15, -0.1) is 0 Å². The monoisotopic (exact) mass is 503 g/mol. The fourth-order valence-corrected chi connectivity index (χ4v) is 4.52. The van der Waals surface area contributed by atoms with Crippen LogP contribution >= 0.6 is 0 Å². The van der Waals surface area contributed by atoms with Crippen LogP contribution in [0.1, 0.15) is 13.3 Å². The summed E-state index contributed by atoms with van der Waals surface area (Å²) in [7, 11) is -8.32. The Bertz CT molecular complexity index is 1450. The maximum Gasteiger partial charge on any atom is 1.00 e. The molecule has 0 spiro atoms. The molecule has 16 heteroatoms. The van der Waals surface area contributed by atoms with Gasteiger partial charge in [-0.25, -0.2) is 0 Å². The topological polar surface area (TPSA) is 186 Å². The summed E-state index contributed by atoms with van der Waals surface area (Å²) in [5, 5.41) is 12.6. The molecule has 1 amide bonds. The Morgan fingerprint density at radius 1 is 1.06 bits per heavy atom. The van der Waals surface area contributed by atoms with E-state index in [-0.39, 0.29) is 84.1 Å². The van der Waals surface area contributed by atoms with Crippen LogP contribution in [0.15, 0.2) is 52.4 Å². The van der Waals surface area contributed by atoms with Gasteiger partial charge in [0.1, 0.15) is 15.5 Å². The van der Waals surface area contributed by atoms with Gasteiger partial charge in [-0.05, 0) is 12.1 Å². The normalized spacial score (nSPS) is 11.3. The van der Waals surface area contributed by atoms with E-state index in [2.05, 4.69) is 5.32 Å². The summed E-state index contributed by atoms with van der Waals surface area (Å²) in [4.78, 5) is 21.3. The molecule has 32 heavy (non-hydrogen) atoms. The summed E-state index contributed by atoms with van der Waals surface area (Å²) in [6, 6.07) is 6.49. The van der Waals surface area contributed by atoms with E-state index in [4.69, 9.17) is 0 Å². The second-order valence-corrected chi connectivity index (χ2v) is 8.90. The zero-order chi connectivity index (χ0) is 22.4. The Kier molecular flexibility index (Phi) is 9.23. The van der Waals surface area contributed by atoms with Crippen molar-refractivity contribution in [3.05, 3.63) is 58.4 Å². The van der Waals surface area contributed by atoms with Gasteiger partial charge >= 0.3 is 59.1 Å². The van der Waals surface area contributed by atoms with Crippen molar-refractivity contribution < 1.29 is 97.6 Å². The van der Waals surface area contributed by atoms with Crippen LogP contribution < -0.4 is 64.4 Å². The number of aromatic nitrogens is 1. The van der Waals surface area contributed by atoms with Crippen molar-refractivity contribution in [2.24, 2.45) is 7.05 Å². The number of hydrogen-bond acceptors (Lipinski definition) is 7. The van der Waals surface area contributed by atoms with Crippen molar-refractivity contribution in [1.82, 2.24) is 4.57 Å². The predicted molar refractivity (Wildman–Crippen MR) is 106 cm³/mol. The minimum atomic E-state index is -4.97. The van der Waals surface area contributed by atoms with Crippen molar-refractivity contribution >= 4 is 48.3 Å². The molecule has 0 aliphatic rings. The molecule has 3 aromatic rings. The van der Waals surface area contributed by atoms with Crippen LogP contribution in [0.5, 0.6) is 0 Å². The Morgan fingerprint density at radius 3 is 2.19 bits per heavy atom. The number of nitrogens with one attached hydrogen (secondary N) is 1. The summed E-state index contributed by atoms with van der Waals surface area (Å²) in [6.07, 6.45) is 1.08. The maximum atomic E-state index is 12.5. The molecule has 0 unspecified atom stereocenters. The standard InChI is InChI=1S/C16H13N3O9S2.2Na.2H/c1-18-8-9(19(21)22)7-13(18)16(20)17-12-6-5-10-11(15(12)30(26,27)28)3-2-4-14(10)29(23,24)25;;;;/h2-8H,1H3,(H,17,20)(H,23,24,25)(H,26,27,28);;;;/q;2*+1;2*-1. The van der Waals surface area contributed by atoms with Gasteiger partial charge in [0.25, 0.3) is 31.8 Å². The predicted octanol–water partition coefficient (Wildman–Crippen LogP) is -3.93. The molecule has 0 aliphatic heterocycles. The maximum absolute atomic E-state index is 12.5. The Morgan fingerprint density at radius 2 is 1.69 bits per heavy atom. The molecule has 1 aromatic heterocycles. The summed E-state index contributed by atoms with van der Waals surface area (Å²) in [5.41, 5.74) is -0.935. The van der Waals surface area contributed by atoms with Crippen LogP contribution in [-0.2, 0) is 27.3 Å². The van der Waals surface area contributed by atoms with Crippen LogP contribution in [0.25, 0.3) is 10.8 Å². The molecular weight excluding hydrogens is 488 g/mol. The number of benzene rings is 2. The number of aryl methyl sites for hydroxylation is 1. The average molecular weight is 503 g/mol. The summed E-state index contributed by atoms with van der Waals surface area (Å²) in [6.45, 7) is 0. The van der Waals surface area contributed by atoms with Gasteiger partial charge in [-0.2, -0.15) is 16.8 Å². The van der Waals surface area contributed by atoms with Gasteiger partial charge in [0, 0.05) is 23.9 Å². The van der Waals surface area contributed by atoms with Crippen molar-refractivity contribution in [2.75, 3.05) is 5.32 Å². The van der Waals surface area contributed by atoms with Crippen molar-refractivity contribution in [3.8, 4) is 0 Å². The SMILES string of the molecule is Cn1cc([N+](=O)[O-])cc1C(=O)Nc1ccc2c(S(=O)(=O)O)cccc2c1S(=O)(=O)O.[H-].[H-].[Na+].[Na+]. The zero-order valence-corrected chi connectivity index (χ0v) is 22.6. The van der Waals surface area contributed by atoms with Gasteiger partial charge in [0.15, 0.2) is 0 Å². The quantitative estimate of drug-likeness (QED) is 0.135. The summed E-state index contributed by atoms with van der Waals surface area (Å²) in [5.74, 6) is -0.916. The third-order valence-electron chi connectivity index (χ3n) is 4.19. The first-order valence-corrected chi connectivity index (χ1v) is 10.8. The minimum absolute atomic E-state index is 0. The van der Waals surface area contributed by atoms with Crippen LogP contribution in [0, 0.1) is 10.1 Å². The molecule has 0 saturated heterocycles. The first kappa shape index (κ1) is 28.7. The number of anilines is 1. The zero-order valence-electron chi connectivity index (χ0n) is 19.0. The van der Waals surface area contributed by atoms with E-state index in [1.165, 1.54) is 13.1 Å². The van der Waals surface area contributed by atoms with E-state index >= 15 is 0 Å². The van der Waals surface area contributed by atoms with Crippen LogP contribution in [-0.4, -0.2) is 41.3 Å². The number of carbonyl (C=O) groups excluding carboxylic acids is 1. The molecule has 3 rings (SSSR count). The molecule has 0 saturated carbocycles. The molecule has 0 fully saturated rings. The number of nitro groups is 1. The molecule has 1 heterocycles. The smallest absolute Gasteiger partial charge is 1.00 e. The van der Waals surface area contributed by atoms with E-state index < -0.39 is 46.5 Å². The third-order valence-corrected chi connectivity index (χ3v) is 6.06. The van der Waals surface area contributed by atoms with E-state index in [9.17, 15) is 40.8 Å². The van der Waals surface area contributed by atoms with Crippen molar-refractivity contribution in [1.29, 1.82) is 0 Å². The fraction of sp³-hybridized carbons (Fsp3) is 0.0625. The summed E-state index contributed by atoms with van der Waals surface area (Å²) < 4.78 is 67.3. The average Bonchev–Trinajstić information content (AvgIpc) is 3.01. The molecule has 0 aliphatic carbocycles.